The molecule has 1 saturated heterocycles. The molecule has 1 fully saturated rings. The number of carbonyl (C=O) groups is 1. The molecule has 1 amide bonds. The highest BCUT2D eigenvalue weighted by atomic mass is 32.2. The van der Waals surface area contributed by atoms with E-state index in [2.05, 4.69) is 20.6 Å². The van der Waals surface area contributed by atoms with Crippen LogP contribution in [0.3, 0.4) is 0 Å². The zero-order valence-electron chi connectivity index (χ0n) is 15.2. The molecule has 0 bridgehead atoms. The molecule has 29 heavy (non-hydrogen) atoms. The molecule has 1 N–H and O–H groups in total. The van der Waals surface area contributed by atoms with Gasteiger partial charge in [-0.15, -0.1) is 5.10 Å². The number of rotatable bonds is 5. The number of allylic oxidation sites excluding steroid dienone is 2. The van der Waals surface area contributed by atoms with Gasteiger partial charge in [0.2, 0.25) is 0 Å². The summed E-state index contributed by atoms with van der Waals surface area (Å²) in [5.74, 6) is -0.559. The maximum atomic E-state index is 13.0. The Bertz CT molecular complexity index is 1100. The van der Waals surface area contributed by atoms with Crippen LogP contribution in [0.15, 0.2) is 82.8 Å². The minimum absolute atomic E-state index is 0.228. The zero-order chi connectivity index (χ0) is 20.1. The van der Waals surface area contributed by atoms with E-state index < -0.39 is 0 Å². The summed E-state index contributed by atoms with van der Waals surface area (Å²) in [5, 5.41) is 11.4. The molecular formula is C21H16FN5OS. The summed E-state index contributed by atoms with van der Waals surface area (Å²) in [6.45, 7) is 0.643. The fraction of sp³-hybridized carbons (Fsp3) is 0.0476. The van der Waals surface area contributed by atoms with E-state index >= 15 is 0 Å². The molecule has 144 valence electrons. The first kappa shape index (κ1) is 18.8. The highest BCUT2D eigenvalue weighted by Gasteiger charge is 2.23. The number of hydrogen-bond acceptors (Lipinski definition) is 5. The lowest BCUT2D eigenvalue weighted by molar-refractivity contribution is -0.115. The van der Waals surface area contributed by atoms with Crippen LogP contribution < -0.4 is 5.32 Å². The van der Waals surface area contributed by atoms with E-state index in [-0.39, 0.29) is 11.7 Å². The van der Waals surface area contributed by atoms with E-state index in [1.807, 2.05) is 36.5 Å². The average molecular weight is 405 g/mol. The maximum absolute atomic E-state index is 13.0. The molecular weight excluding hydrogens is 389 g/mol. The van der Waals surface area contributed by atoms with Gasteiger partial charge >= 0.3 is 0 Å². The van der Waals surface area contributed by atoms with Gasteiger partial charge < -0.3 is 5.32 Å². The van der Waals surface area contributed by atoms with Gasteiger partial charge in [0.05, 0.1) is 23.3 Å². The third kappa shape index (κ3) is 5.05. The number of benzene rings is 2. The lowest BCUT2D eigenvalue weighted by Gasteiger charge is -1.98. The summed E-state index contributed by atoms with van der Waals surface area (Å²) < 4.78 is 14.7. The Morgan fingerprint density at radius 3 is 2.72 bits per heavy atom. The molecule has 4 rings (SSSR count). The predicted octanol–water partition coefficient (Wildman–Crippen LogP) is 3.91. The first-order valence-electron chi connectivity index (χ1n) is 8.81. The molecule has 0 aliphatic carbocycles. The Morgan fingerprint density at radius 1 is 1.14 bits per heavy atom. The van der Waals surface area contributed by atoms with Crippen molar-refractivity contribution in [3.05, 3.63) is 94.9 Å². The number of thioether (sulfide) groups is 1. The fourth-order valence-corrected chi connectivity index (χ4v) is 3.39. The second-order valence-corrected chi connectivity index (χ2v) is 7.20. The maximum Gasteiger partial charge on any atom is 0.264 e. The molecule has 1 aromatic heterocycles. The first-order chi connectivity index (χ1) is 14.2. The molecule has 1 aliphatic rings. The van der Waals surface area contributed by atoms with Crippen LogP contribution in [0.25, 0.3) is 6.08 Å². The molecule has 1 aliphatic heterocycles. The molecule has 3 aromatic rings. The normalized spacial score (nSPS) is 16.8. The third-order valence-corrected chi connectivity index (χ3v) is 4.89. The monoisotopic (exact) mass is 405 g/mol. The first-order valence-corrected chi connectivity index (χ1v) is 9.63. The lowest BCUT2D eigenvalue weighted by Crippen LogP contribution is -2.19. The van der Waals surface area contributed by atoms with Crippen molar-refractivity contribution in [2.75, 3.05) is 0 Å². The van der Waals surface area contributed by atoms with E-state index in [9.17, 15) is 9.18 Å². The molecule has 8 heteroatoms. The van der Waals surface area contributed by atoms with Crippen LogP contribution in [0.1, 0.15) is 11.3 Å². The van der Waals surface area contributed by atoms with Crippen LogP contribution in [0.5, 0.6) is 0 Å². The van der Waals surface area contributed by atoms with E-state index in [4.69, 9.17) is 0 Å². The van der Waals surface area contributed by atoms with Crippen LogP contribution in [0, 0.1) is 5.82 Å². The highest BCUT2D eigenvalue weighted by molar-refractivity contribution is 8.18. The van der Waals surface area contributed by atoms with Crippen molar-refractivity contribution in [2.24, 2.45) is 4.99 Å². The van der Waals surface area contributed by atoms with Crippen LogP contribution in [-0.2, 0) is 11.3 Å². The molecule has 2 aromatic carbocycles. The number of halogens is 1. The summed E-state index contributed by atoms with van der Waals surface area (Å²) in [6, 6.07) is 15.8. The second-order valence-electron chi connectivity index (χ2n) is 6.17. The number of nitrogens with zero attached hydrogens (tertiary/aromatic N) is 4. The van der Waals surface area contributed by atoms with Gasteiger partial charge in [0.15, 0.2) is 5.17 Å². The van der Waals surface area contributed by atoms with E-state index in [1.165, 1.54) is 23.9 Å². The summed E-state index contributed by atoms with van der Waals surface area (Å²) in [7, 11) is 0. The third-order valence-electron chi connectivity index (χ3n) is 3.97. The van der Waals surface area contributed by atoms with Gasteiger partial charge in [0.25, 0.3) is 5.91 Å². The molecule has 0 saturated carbocycles. The number of nitrogens with one attached hydrogen (secondary N) is 1. The molecule has 0 spiro atoms. The number of aromatic nitrogens is 3. The Balaban J connectivity index is 1.39. The van der Waals surface area contributed by atoms with E-state index in [0.717, 1.165) is 5.56 Å². The largest absolute Gasteiger partial charge is 0.300 e. The Morgan fingerprint density at radius 2 is 1.93 bits per heavy atom. The van der Waals surface area contributed by atoms with Gasteiger partial charge in [0.1, 0.15) is 11.5 Å². The van der Waals surface area contributed by atoms with E-state index in [1.54, 1.807) is 35.0 Å². The van der Waals surface area contributed by atoms with E-state index in [0.29, 0.717) is 28.0 Å². The van der Waals surface area contributed by atoms with Gasteiger partial charge in [-0.2, -0.15) is 0 Å². The van der Waals surface area contributed by atoms with Gasteiger partial charge in [-0.05, 0) is 53.7 Å². The minimum Gasteiger partial charge on any atom is -0.300 e. The van der Waals surface area contributed by atoms with Crippen LogP contribution >= 0.6 is 11.8 Å². The SMILES string of the molecule is O=C1NC(=Nc2ccc(F)cc2)S/C1=C/C=C/c1cn(Cc2ccccc2)nn1. The zero-order valence-corrected chi connectivity index (χ0v) is 16.0. The van der Waals surface area contributed by atoms with Gasteiger partial charge in [-0.3, -0.25) is 4.79 Å². The number of hydrogen-bond donors (Lipinski definition) is 1. The predicted molar refractivity (Wildman–Crippen MR) is 112 cm³/mol. The van der Waals surface area contributed by atoms with Crippen LogP contribution in [0.2, 0.25) is 0 Å². The summed E-state index contributed by atoms with van der Waals surface area (Å²) in [6.07, 6.45) is 7.07. The lowest BCUT2D eigenvalue weighted by atomic mass is 10.2. The number of carbonyl (C=O) groups excluding carboxylic acids is 1. The van der Waals surface area contributed by atoms with Crippen molar-refractivity contribution in [3.63, 3.8) is 0 Å². The van der Waals surface area contributed by atoms with Gasteiger partial charge in [-0.1, -0.05) is 41.6 Å². The molecule has 0 unspecified atom stereocenters. The number of amidine groups is 1. The van der Waals surface area contributed by atoms with Crippen LogP contribution in [-0.4, -0.2) is 26.1 Å². The molecule has 0 radical (unpaired) electrons. The average Bonchev–Trinajstić information content (AvgIpc) is 3.31. The Labute approximate surface area is 170 Å². The summed E-state index contributed by atoms with van der Waals surface area (Å²) in [4.78, 5) is 16.9. The van der Waals surface area contributed by atoms with Gasteiger partial charge in [-0.25, -0.2) is 14.1 Å². The molecule has 6 nitrogen and oxygen atoms in total. The van der Waals surface area contributed by atoms with Crippen molar-refractivity contribution in [3.8, 4) is 0 Å². The number of amides is 1. The fourth-order valence-electron chi connectivity index (χ4n) is 2.60. The minimum atomic E-state index is -0.330. The second kappa shape index (κ2) is 8.66. The van der Waals surface area contributed by atoms with Crippen molar-refractivity contribution < 1.29 is 9.18 Å². The Hall–Kier alpha value is -3.52. The Kier molecular flexibility index (Phi) is 5.62. The topological polar surface area (TPSA) is 72.2 Å². The van der Waals surface area contributed by atoms with Crippen molar-refractivity contribution in [1.29, 1.82) is 0 Å². The smallest absolute Gasteiger partial charge is 0.264 e. The number of aliphatic imine (C=N–C) groups is 1. The van der Waals surface area contributed by atoms with Crippen molar-refractivity contribution in [2.45, 2.75) is 6.54 Å². The molecule has 0 atom stereocenters. The van der Waals surface area contributed by atoms with Crippen molar-refractivity contribution in [1.82, 2.24) is 20.3 Å². The quantitative estimate of drug-likeness (QED) is 0.653. The van der Waals surface area contributed by atoms with Gasteiger partial charge in [0, 0.05) is 0 Å². The highest BCUT2D eigenvalue weighted by Crippen LogP contribution is 2.26. The molecule has 2 heterocycles. The van der Waals surface area contributed by atoms with Crippen molar-refractivity contribution >= 4 is 34.6 Å². The summed E-state index contributed by atoms with van der Waals surface area (Å²) >= 11 is 1.22. The van der Waals surface area contributed by atoms with Crippen LogP contribution in [0.4, 0.5) is 10.1 Å². The standard InChI is InChI=1S/C21H16FN5OS/c22-16-9-11-17(12-10-16)23-21-24-20(28)19(29-21)8-4-7-18-14-27(26-25-18)13-15-5-2-1-3-6-15/h1-12,14H,13H2,(H,23,24,28)/b7-4+,19-8+. The summed E-state index contributed by atoms with van der Waals surface area (Å²) in [5.41, 5.74) is 2.41.